The Hall–Kier alpha value is -1.50. The van der Waals surface area contributed by atoms with E-state index >= 15 is 0 Å². The van der Waals surface area contributed by atoms with Crippen LogP contribution in [-0.4, -0.2) is 17.5 Å². The second-order valence-electron chi connectivity index (χ2n) is 3.88. The molecule has 2 N–H and O–H groups in total. The lowest BCUT2D eigenvalue weighted by Crippen LogP contribution is -2.49. The Balaban J connectivity index is 2.26. The first-order valence-corrected chi connectivity index (χ1v) is 4.76. The van der Waals surface area contributed by atoms with Crippen molar-refractivity contribution >= 4 is 11.9 Å². The van der Waals surface area contributed by atoms with Gasteiger partial charge in [0.2, 0.25) is 0 Å². The Morgan fingerprint density at radius 3 is 2.93 bits per heavy atom. The third-order valence-electron chi connectivity index (χ3n) is 3.15. The van der Waals surface area contributed by atoms with Gasteiger partial charge in [0.25, 0.3) is 5.91 Å². The molecule has 0 aromatic carbocycles. The van der Waals surface area contributed by atoms with Gasteiger partial charge in [0, 0.05) is 12.3 Å². The van der Waals surface area contributed by atoms with E-state index in [0.717, 1.165) is 12.8 Å². The van der Waals surface area contributed by atoms with Crippen molar-refractivity contribution in [1.29, 1.82) is 0 Å². The lowest BCUT2D eigenvalue weighted by Gasteiger charge is -2.26. The zero-order valence-electron chi connectivity index (χ0n) is 7.80. The summed E-state index contributed by atoms with van der Waals surface area (Å²) in [7, 11) is 0. The summed E-state index contributed by atoms with van der Waals surface area (Å²) in [6, 6.07) is -0.390. The third-order valence-corrected chi connectivity index (χ3v) is 3.15. The number of hydrogen-bond acceptors (Lipinski definition) is 2. The van der Waals surface area contributed by atoms with E-state index in [1.165, 1.54) is 0 Å². The highest BCUT2D eigenvalue weighted by atomic mass is 16.2. The average molecular weight is 192 g/mol. The molecule has 74 valence electrons. The molecule has 2 aliphatic rings. The van der Waals surface area contributed by atoms with Crippen molar-refractivity contribution in [2.45, 2.75) is 31.2 Å². The largest absolute Gasteiger partial charge is 0.323 e. The van der Waals surface area contributed by atoms with Gasteiger partial charge in [0.05, 0.1) is 0 Å². The van der Waals surface area contributed by atoms with E-state index in [0.29, 0.717) is 12.8 Å². The molecule has 3 amide bonds. The predicted octanol–water partition coefficient (Wildman–Crippen LogP) is 0.388. The van der Waals surface area contributed by atoms with Crippen LogP contribution in [0.2, 0.25) is 0 Å². The molecule has 0 aromatic rings. The minimum atomic E-state index is -0.705. The molecule has 1 heterocycles. The Morgan fingerprint density at radius 1 is 1.57 bits per heavy atom. The molecule has 1 saturated carbocycles. The number of hydrogen-bond donors (Lipinski definition) is 2. The first-order chi connectivity index (χ1) is 6.69. The zero-order valence-corrected chi connectivity index (χ0v) is 7.80. The molecule has 1 saturated heterocycles. The van der Waals surface area contributed by atoms with Crippen LogP contribution in [0.25, 0.3) is 0 Å². The van der Waals surface area contributed by atoms with E-state index in [-0.39, 0.29) is 17.9 Å². The van der Waals surface area contributed by atoms with Gasteiger partial charge in [-0.2, -0.15) is 0 Å². The van der Waals surface area contributed by atoms with Gasteiger partial charge in [-0.1, -0.05) is 6.42 Å². The molecule has 14 heavy (non-hydrogen) atoms. The molecule has 1 spiro atoms. The van der Waals surface area contributed by atoms with Crippen molar-refractivity contribution in [1.82, 2.24) is 10.6 Å². The standard InChI is InChI=1S/C10H12N2O2/c1-2-4-7-5-3-6-10(7)8(13)11-9(14)12-10/h1,7H,3-6H2,(H2,11,12,13,14). The van der Waals surface area contributed by atoms with Crippen molar-refractivity contribution in [2.24, 2.45) is 5.92 Å². The molecule has 0 aromatic heterocycles. The Labute approximate surface area is 82.4 Å². The Kier molecular flexibility index (Phi) is 1.95. The lowest BCUT2D eigenvalue weighted by molar-refractivity contribution is -0.125. The maximum atomic E-state index is 11.6. The first-order valence-electron chi connectivity index (χ1n) is 4.76. The summed E-state index contributed by atoms with van der Waals surface area (Å²) >= 11 is 0. The maximum absolute atomic E-state index is 11.6. The zero-order chi connectivity index (χ0) is 10.2. The maximum Gasteiger partial charge on any atom is 0.322 e. The van der Waals surface area contributed by atoms with Gasteiger partial charge in [-0.25, -0.2) is 4.79 Å². The SMILES string of the molecule is C#CCC1CCCC12NC(=O)NC2=O. The Bertz CT molecular complexity index is 332. The molecule has 1 aliphatic carbocycles. The topological polar surface area (TPSA) is 58.2 Å². The number of carbonyl (C=O) groups excluding carboxylic acids is 2. The highest BCUT2D eigenvalue weighted by molar-refractivity contribution is 6.07. The van der Waals surface area contributed by atoms with E-state index in [1.807, 2.05) is 0 Å². The normalized spacial score (nSPS) is 35.5. The molecule has 2 unspecified atom stereocenters. The summed E-state index contributed by atoms with van der Waals surface area (Å²) in [5.41, 5.74) is -0.705. The molecular formula is C10H12N2O2. The summed E-state index contributed by atoms with van der Waals surface area (Å²) in [5.74, 6) is 2.45. The van der Waals surface area contributed by atoms with Crippen LogP contribution in [-0.2, 0) is 4.79 Å². The van der Waals surface area contributed by atoms with E-state index in [4.69, 9.17) is 6.42 Å². The fourth-order valence-corrected chi connectivity index (χ4v) is 2.47. The number of imide groups is 1. The molecule has 1 aliphatic heterocycles. The lowest BCUT2D eigenvalue weighted by atomic mass is 9.85. The van der Waals surface area contributed by atoms with Crippen molar-refractivity contribution in [3.05, 3.63) is 0 Å². The van der Waals surface area contributed by atoms with Crippen LogP contribution in [0.3, 0.4) is 0 Å². The fourth-order valence-electron chi connectivity index (χ4n) is 2.47. The van der Waals surface area contributed by atoms with Gasteiger partial charge in [-0.3, -0.25) is 10.1 Å². The van der Waals surface area contributed by atoms with Gasteiger partial charge in [-0.05, 0) is 12.8 Å². The minimum Gasteiger partial charge on any atom is -0.323 e. The number of terminal acetylenes is 1. The minimum absolute atomic E-state index is 0.0962. The molecule has 2 atom stereocenters. The van der Waals surface area contributed by atoms with E-state index in [1.54, 1.807) is 0 Å². The average Bonchev–Trinajstić information content (AvgIpc) is 2.61. The van der Waals surface area contributed by atoms with Crippen LogP contribution in [0.5, 0.6) is 0 Å². The molecule has 2 fully saturated rings. The van der Waals surface area contributed by atoms with Gasteiger partial charge < -0.3 is 5.32 Å². The molecule has 4 nitrogen and oxygen atoms in total. The van der Waals surface area contributed by atoms with E-state index in [2.05, 4.69) is 16.6 Å². The summed E-state index contributed by atoms with van der Waals surface area (Å²) in [4.78, 5) is 22.7. The number of amides is 3. The second-order valence-corrected chi connectivity index (χ2v) is 3.88. The van der Waals surface area contributed by atoms with Gasteiger partial charge in [0.15, 0.2) is 0 Å². The molecule has 0 radical (unpaired) electrons. The smallest absolute Gasteiger partial charge is 0.322 e. The molecular weight excluding hydrogens is 180 g/mol. The molecule has 2 rings (SSSR count). The third kappa shape index (κ3) is 1.09. The summed E-state index contributed by atoms with van der Waals surface area (Å²) in [6.45, 7) is 0. The van der Waals surface area contributed by atoms with Crippen LogP contribution < -0.4 is 10.6 Å². The first kappa shape index (κ1) is 9.07. The van der Waals surface area contributed by atoms with Crippen molar-refractivity contribution in [2.75, 3.05) is 0 Å². The van der Waals surface area contributed by atoms with E-state index < -0.39 is 5.54 Å². The number of carbonyl (C=O) groups is 2. The van der Waals surface area contributed by atoms with Gasteiger partial charge >= 0.3 is 6.03 Å². The predicted molar refractivity (Wildman–Crippen MR) is 50.2 cm³/mol. The van der Waals surface area contributed by atoms with Crippen molar-refractivity contribution in [3.63, 3.8) is 0 Å². The van der Waals surface area contributed by atoms with Crippen LogP contribution in [0.15, 0.2) is 0 Å². The highest BCUT2D eigenvalue weighted by Gasteiger charge is 2.53. The fraction of sp³-hybridized carbons (Fsp3) is 0.600. The quantitative estimate of drug-likeness (QED) is 0.466. The second kappa shape index (κ2) is 3.02. The van der Waals surface area contributed by atoms with Crippen molar-refractivity contribution in [3.8, 4) is 12.3 Å². The number of rotatable bonds is 1. The Morgan fingerprint density at radius 2 is 2.36 bits per heavy atom. The highest BCUT2D eigenvalue weighted by Crippen LogP contribution is 2.39. The molecule has 4 heteroatoms. The van der Waals surface area contributed by atoms with Crippen LogP contribution in [0, 0.1) is 18.3 Å². The van der Waals surface area contributed by atoms with Gasteiger partial charge in [-0.15, -0.1) is 12.3 Å². The van der Waals surface area contributed by atoms with Crippen LogP contribution in [0.4, 0.5) is 4.79 Å². The monoisotopic (exact) mass is 192 g/mol. The summed E-state index contributed by atoms with van der Waals surface area (Å²) < 4.78 is 0. The summed E-state index contributed by atoms with van der Waals surface area (Å²) in [5, 5.41) is 5.00. The van der Waals surface area contributed by atoms with Crippen LogP contribution in [0.1, 0.15) is 25.7 Å². The number of nitrogens with one attached hydrogen (secondary N) is 2. The van der Waals surface area contributed by atoms with Gasteiger partial charge in [0.1, 0.15) is 5.54 Å². The summed E-state index contributed by atoms with van der Waals surface area (Å²) in [6.07, 6.45) is 8.36. The van der Waals surface area contributed by atoms with E-state index in [9.17, 15) is 9.59 Å². The number of urea groups is 1. The van der Waals surface area contributed by atoms with Crippen LogP contribution >= 0.6 is 0 Å². The van der Waals surface area contributed by atoms with Crippen molar-refractivity contribution < 1.29 is 9.59 Å². The molecule has 0 bridgehead atoms.